The number of thiazole rings is 1. The Bertz CT molecular complexity index is 901. The first-order valence-electron chi connectivity index (χ1n) is 7.33. The van der Waals surface area contributed by atoms with Crippen LogP contribution in [0.15, 0.2) is 30.4 Å². The van der Waals surface area contributed by atoms with Gasteiger partial charge in [-0.2, -0.15) is 0 Å². The van der Waals surface area contributed by atoms with Crippen molar-refractivity contribution >= 4 is 33.3 Å². The summed E-state index contributed by atoms with van der Waals surface area (Å²) in [5.41, 5.74) is -0.612. The first-order valence-corrected chi connectivity index (χ1v) is 6.15. The van der Waals surface area contributed by atoms with Crippen molar-refractivity contribution in [1.82, 2.24) is 4.98 Å². The SMILES string of the molecule is [2H]c1c([2H])c([2H])c(C(=O)Nc2ncc([N+](=O)[O-])s2)c(OC(C)=O)c1[2H]. The van der Waals surface area contributed by atoms with Gasteiger partial charge in [0.25, 0.3) is 5.91 Å². The maximum Gasteiger partial charge on any atom is 0.345 e. The van der Waals surface area contributed by atoms with Gasteiger partial charge >= 0.3 is 11.0 Å². The Kier molecular flexibility index (Phi) is 2.90. The molecule has 0 aliphatic rings. The van der Waals surface area contributed by atoms with Crippen LogP contribution in [0.2, 0.25) is 0 Å². The number of para-hydroxylation sites is 1. The quantitative estimate of drug-likeness (QED) is 0.401. The zero-order valence-corrected chi connectivity index (χ0v) is 11.2. The minimum Gasteiger partial charge on any atom is -0.426 e. The van der Waals surface area contributed by atoms with Crippen molar-refractivity contribution in [2.75, 3.05) is 5.32 Å². The van der Waals surface area contributed by atoms with Crippen molar-refractivity contribution < 1.29 is 24.7 Å². The van der Waals surface area contributed by atoms with Crippen LogP contribution in [0, 0.1) is 10.1 Å². The highest BCUT2D eigenvalue weighted by Gasteiger charge is 2.17. The van der Waals surface area contributed by atoms with E-state index in [2.05, 4.69) is 10.3 Å². The second-order valence-corrected chi connectivity index (χ2v) is 4.52. The van der Waals surface area contributed by atoms with Crippen LogP contribution in [-0.2, 0) is 4.79 Å². The highest BCUT2D eigenvalue weighted by molar-refractivity contribution is 7.18. The van der Waals surface area contributed by atoms with E-state index in [9.17, 15) is 19.7 Å². The molecule has 0 fully saturated rings. The van der Waals surface area contributed by atoms with Crippen LogP contribution in [0.3, 0.4) is 0 Å². The fourth-order valence-corrected chi connectivity index (χ4v) is 1.88. The van der Waals surface area contributed by atoms with Crippen LogP contribution < -0.4 is 10.1 Å². The number of anilines is 1. The Morgan fingerprint density at radius 1 is 1.48 bits per heavy atom. The predicted molar refractivity (Wildman–Crippen MR) is 74.5 cm³/mol. The third-order valence-corrected chi connectivity index (χ3v) is 2.88. The number of nitrogens with one attached hydrogen (secondary N) is 1. The van der Waals surface area contributed by atoms with Crippen LogP contribution in [0.4, 0.5) is 10.1 Å². The summed E-state index contributed by atoms with van der Waals surface area (Å²) in [4.78, 5) is 37.1. The summed E-state index contributed by atoms with van der Waals surface area (Å²) in [5, 5.41) is 12.3. The minimum atomic E-state index is -1.05. The third kappa shape index (κ3) is 3.60. The zero-order chi connectivity index (χ0) is 18.9. The molecule has 21 heavy (non-hydrogen) atoms. The Balaban J connectivity index is 2.50. The number of hydrogen-bond donors (Lipinski definition) is 1. The van der Waals surface area contributed by atoms with Crippen LogP contribution in [-0.4, -0.2) is 21.8 Å². The van der Waals surface area contributed by atoms with Crippen molar-refractivity contribution in [3.8, 4) is 5.75 Å². The first-order chi connectivity index (χ1) is 11.6. The van der Waals surface area contributed by atoms with E-state index >= 15 is 0 Å². The van der Waals surface area contributed by atoms with Gasteiger partial charge in [0.15, 0.2) is 5.13 Å². The number of amides is 1. The van der Waals surface area contributed by atoms with Gasteiger partial charge in [-0.3, -0.25) is 25.0 Å². The van der Waals surface area contributed by atoms with E-state index in [1.807, 2.05) is 0 Å². The van der Waals surface area contributed by atoms with E-state index in [4.69, 9.17) is 10.2 Å². The molecule has 1 aromatic carbocycles. The molecule has 2 rings (SSSR count). The van der Waals surface area contributed by atoms with Gasteiger partial charge in [0.1, 0.15) is 11.9 Å². The summed E-state index contributed by atoms with van der Waals surface area (Å²) in [7, 11) is 0. The van der Waals surface area contributed by atoms with Gasteiger partial charge in [0, 0.05) is 6.92 Å². The number of carbonyl (C=O) groups excluding carboxylic acids is 2. The topological polar surface area (TPSA) is 111 Å². The van der Waals surface area contributed by atoms with E-state index in [0.717, 1.165) is 13.1 Å². The fourth-order valence-electron chi connectivity index (χ4n) is 1.25. The summed E-state index contributed by atoms with van der Waals surface area (Å²) < 4.78 is 35.5. The minimum absolute atomic E-state index is 0.155. The van der Waals surface area contributed by atoms with E-state index in [-0.39, 0.29) is 10.1 Å². The van der Waals surface area contributed by atoms with Gasteiger partial charge in [0.2, 0.25) is 0 Å². The molecule has 0 saturated carbocycles. The predicted octanol–water partition coefficient (Wildman–Crippen LogP) is 2.23. The molecule has 1 heterocycles. The molecule has 0 atom stereocenters. The second-order valence-electron chi connectivity index (χ2n) is 3.51. The lowest BCUT2D eigenvalue weighted by Gasteiger charge is -2.07. The fraction of sp³-hybridized carbons (Fsp3) is 0.0833. The molecule has 1 aromatic heterocycles. The normalized spacial score (nSPS) is 12.6. The summed E-state index contributed by atoms with van der Waals surface area (Å²) in [5.74, 6) is -2.57. The van der Waals surface area contributed by atoms with Crippen molar-refractivity contribution in [1.29, 1.82) is 0 Å². The molecule has 1 amide bonds. The van der Waals surface area contributed by atoms with Crippen LogP contribution in [0.1, 0.15) is 22.8 Å². The van der Waals surface area contributed by atoms with E-state index in [0.29, 0.717) is 11.3 Å². The molecule has 0 spiro atoms. The third-order valence-electron chi connectivity index (χ3n) is 2.02. The van der Waals surface area contributed by atoms with Gasteiger partial charge in [-0.15, -0.1) is 0 Å². The zero-order valence-electron chi connectivity index (χ0n) is 14.4. The molecule has 0 radical (unpaired) electrons. The maximum absolute atomic E-state index is 12.4. The average molecular weight is 311 g/mol. The number of carbonyl (C=O) groups is 2. The molecular weight excluding hydrogens is 298 g/mol. The maximum atomic E-state index is 12.4. The molecule has 0 bridgehead atoms. The van der Waals surface area contributed by atoms with Gasteiger partial charge in [-0.1, -0.05) is 12.1 Å². The van der Waals surface area contributed by atoms with Gasteiger partial charge in [-0.25, -0.2) is 4.98 Å². The summed E-state index contributed by atoms with van der Waals surface area (Å²) >= 11 is 0.559. The van der Waals surface area contributed by atoms with Crippen molar-refractivity contribution in [2.45, 2.75) is 6.92 Å². The van der Waals surface area contributed by atoms with Crippen molar-refractivity contribution in [3.05, 3.63) is 46.0 Å². The number of nitro groups is 1. The van der Waals surface area contributed by atoms with Gasteiger partial charge in [-0.05, 0) is 23.4 Å². The van der Waals surface area contributed by atoms with Crippen molar-refractivity contribution in [2.24, 2.45) is 0 Å². The van der Waals surface area contributed by atoms with Crippen LogP contribution >= 0.6 is 11.3 Å². The van der Waals surface area contributed by atoms with Crippen molar-refractivity contribution in [3.63, 3.8) is 0 Å². The number of benzene rings is 1. The smallest absolute Gasteiger partial charge is 0.345 e. The number of esters is 1. The summed E-state index contributed by atoms with van der Waals surface area (Å²) in [6, 6.07) is -2.80. The van der Waals surface area contributed by atoms with E-state index < -0.39 is 52.3 Å². The first kappa shape index (κ1) is 10.00. The van der Waals surface area contributed by atoms with E-state index in [1.54, 1.807) is 0 Å². The molecule has 0 saturated heterocycles. The molecule has 8 nitrogen and oxygen atoms in total. The Labute approximate surface area is 128 Å². The molecule has 9 heteroatoms. The lowest BCUT2D eigenvalue weighted by molar-refractivity contribution is -0.380. The molecule has 108 valence electrons. The molecule has 1 N–H and O–H groups in total. The highest BCUT2D eigenvalue weighted by Crippen LogP contribution is 2.26. The molecular formula is C12H9N3O5S. The Morgan fingerprint density at radius 3 is 2.81 bits per heavy atom. The standard InChI is InChI=1S/C12H9N3O5S/c1-7(16)20-9-5-3-2-4-8(9)11(17)14-12-13-6-10(21-12)15(18)19/h2-6H,1H3,(H,13,14,17)/i2D,3D,4D,5D. The summed E-state index contributed by atoms with van der Waals surface area (Å²) in [6.07, 6.45) is 0.924. The number of nitrogens with zero attached hydrogens (tertiary/aromatic N) is 2. The lowest BCUT2D eigenvalue weighted by atomic mass is 10.2. The molecule has 0 aliphatic heterocycles. The monoisotopic (exact) mass is 311 g/mol. The highest BCUT2D eigenvalue weighted by atomic mass is 32.1. The Hall–Kier alpha value is -2.81. The Morgan fingerprint density at radius 2 is 2.19 bits per heavy atom. The van der Waals surface area contributed by atoms with Gasteiger partial charge < -0.3 is 4.74 Å². The molecule has 0 unspecified atom stereocenters. The number of hydrogen-bond acceptors (Lipinski definition) is 7. The average Bonchev–Trinajstić information content (AvgIpc) is 2.99. The lowest BCUT2D eigenvalue weighted by Crippen LogP contribution is -2.14. The molecule has 2 aromatic rings. The van der Waals surface area contributed by atoms with Crippen LogP contribution in [0.25, 0.3) is 0 Å². The second kappa shape index (κ2) is 6.09. The van der Waals surface area contributed by atoms with Gasteiger partial charge in [0.05, 0.1) is 16.0 Å². The largest absolute Gasteiger partial charge is 0.426 e. The number of aromatic nitrogens is 1. The van der Waals surface area contributed by atoms with Crippen LogP contribution in [0.5, 0.6) is 5.75 Å². The number of rotatable bonds is 4. The number of ether oxygens (including phenoxy) is 1. The summed E-state index contributed by atoms with van der Waals surface area (Å²) in [6.45, 7) is 1.01. The molecule has 0 aliphatic carbocycles. The van der Waals surface area contributed by atoms with E-state index in [1.165, 1.54) is 0 Å².